The third-order valence-corrected chi connectivity index (χ3v) is 3.86. The molecule has 2 N–H and O–H groups in total. The number of carbonyl (C=O) groups excluding carboxylic acids is 1. The van der Waals surface area contributed by atoms with Gasteiger partial charge in [0.25, 0.3) is 0 Å². The van der Waals surface area contributed by atoms with E-state index >= 15 is 0 Å². The zero-order chi connectivity index (χ0) is 16.8. The maximum absolute atomic E-state index is 12.1. The summed E-state index contributed by atoms with van der Waals surface area (Å²) in [5.74, 6) is 0.765. The highest BCUT2D eigenvalue weighted by molar-refractivity contribution is 5.88. The molecule has 3 aromatic rings. The van der Waals surface area contributed by atoms with E-state index in [2.05, 4.69) is 20.6 Å². The van der Waals surface area contributed by atoms with Gasteiger partial charge in [-0.3, -0.25) is 4.79 Å². The van der Waals surface area contributed by atoms with E-state index in [4.69, 9.17) is 0 Å². The van der Waals surface area contributed by atoms with Crippen LogP contribution in [-0.2, 0) is 4.79 Å². The van der Waals surface area contributed by atoms with Gasteiger partial charge in [-0.25, -0.2) is 9.97 Å². The zero-order valence-corrected chi connectivity index (χ0v) is 13.6. The largest absolute Gasteiger partial charge is 0.369 e. The van der Waals surface area contributed by atoms with Crippen molar-refractivity contribution in [1.82, 2.24) is 15.3 Å². The lowest BCUT2D eigenvalue weighted by Crippen LogP contribution is -2.28. The molecule has 5 heteroatoms. The van der Waals surface area contributed by atoms with Crippen molar-refractivity contribution >= 4 is 22.6 Å². The van der Waals surface area contributed by atoms with Crippen LogP contribution in [0, 0.1) is 0 Å². The van der Waals surface area contributed by atoms with Gasteiger partial charge >= 0.3 is 0 Å². The van der Waals surface area contributed by atoms with E-state index in [1.165, 1.54) is 6.33 Å². The summed E-state index contributed by atoms with van der Waals surface area (Å²) in [5, 5.41) is 7.18. The first-order chi connectivity index (χ1) is 11.7. The van der Waals surface area contributed by atoms with E-state index in [1.54, 1.807) is 0 Å². The van der Waals surface area contributed by atoms with Crippen molar-refractivity contribution in [2.75, 3.05) is 11.9 Å². The number of amides is 1. The van der Waals surface area contributed by atoms with Crippen LogP contribution in [0.25, 0.3) is 10.9 Å². The fraction of sp³-hybridized carbons (Fsp3) is 0.211. The standard InChI is InChI=1S/C19H20N4O/c1-14(15-7-3-2-4-8-15)23-18(24)11-12-20-19-16-9-5-6-10-17(16)21-13-22-19/h2-10,13-14H,11-12H2,1H3,(H,23,24)(H,20,21,22). The van der Waals surface area contributed by atoms with E-state index in [0.29, 0.717) is 13.0 Å². The van der Waals surface area contributed by atoms with Crippen LogP contribution in [-0.4, -0.2) is 22.4 Å². The molecular formula is C19H20N4O. The van der Waals surface area contributed by atoms with Crippen LogP contribution in [0.2, 0.25) is 0 Å². The third kappa shape index (κ3) is 3.87. The minimum atomic E-state index is -0.00131. The van der Waals surface area contributed by atoms with Gasteiger partial charge in [0.05, 0.1) is 11.6 Å². The average Bonchev–Trinajstić information content (AvgIpc) is 2.62. The van der Waals surface area contributed by atoms with Gasteiger partial charge in [0, 0.05) is 18.4 Å². The van der Waals surface area contributed by atoms with Gasteiger partial charge < -0.3 is 10.6 Å². The molecule has 0 aliphatic carbocycles. The second-order valence-electron chi connectivity index (χ2n) is 5.62. The van der Waals surface area contributed by atoms with E-state index in [-0.39, 0.29) is 11.9 Å². The first-order valence-corrected chi connectivity index (χ1v) is 8.02. The van der Waals surface area contributed by atoms with Gasteiger partial charge in [-0.05, 0) is 24.6 Å². The van der Waals surface area contributed by atoms with Crippen LogP contribution >= 0.6 is 0 Å². The number of fused-ring (bicyclic) bond motifs is 1. The summed E-state index contributed by atoms with van der Waals surface area (Å²) in [6.45, 7) is 2.51. The minimum absolute atomic E-state index is 0.00131. The number of aromatic nitrogens is 2. The number of hydrogen-bond acceptors (Lipinski definition) is 4. The van der Waals surface area contributed by atoms with Gasteiger partial charge in [0.2, 0.25) is 5.91 Å². The van der Waals surface area contributed by atoms with Crippen LogP contribution in [0.1, 0.15) is 24.9 Å². The second-order valence-corrected chi connectivity index (χ2v) is 5.62. The number of hydrogen-bond donors (Lipinski definition) is 2. The SMILES string of the molecule is CC(NC(=O)CCNc1ncnc2ccccc12)c1ccccc1. The molecule has 1 amide bonds. The Balaban J connectivity index is 1.53. The maximum Gasteiger partial charge on any atom is 0.222 e. The van der Waals surface area contributed by atoms with Gasteiger partial charge in [0.1, 0.15) is 12.1 Å². The number of nitrogens with zero attached hydrogens (tertiary/aromatic N) is 2. The summed E-state index contributed by atoms with van der Waals surface area (Å²) >= 11 is 0. The smallest absolute Gasteiger partial charge is 0.222 e. The molecule has 2 aromatic carbocycles. The van der Waals surface area contributed by atoms with Crippen molar-refractivity contribution in [3.63, 3.8) is 0 Å². The van der Waals surface area contributed by atoms with E-state index in [9.17, 15) is 4.79 Å². The Labute approximate surface area is 141 Å². The number of benzene rings is 2. The molecule has 1 unspecified atom stereocenters. The molecule has 0 saturated carbocycles. The van der Waals surface area contributed by atoms with Crippen LogP contribution < -0.4 is 10.6 Å². The van der Waals surface area contributed by atoms with E-state index < -0.39 is 0 Å². The zero-order valence-electron chi connectivity index (χ0n) is 13.6. The van der Waals surface area contributed by atoms with Gasteiger partial charge in [-0.2, -0.15) is 0 Å². The summed E-state index contributed by atoms with van der Waals surface area (Å²) in [6, 6.07) is 17.7. The maximum atomic E-state index is 12.1. The molecule has 0 bridgehead atoms. The predicted molar refractivity (Wildman–Crippen MR) is 95.6 cm³/mol. The lowest BCUT2D eigenvalue weighted by Gasteiger charge is -2.14. The molecule has 0 fully saturated rings. The highest BCUT2D eigenvalue weighted by atomic mass is 16.1. The van der Waals surface area contributed by atoms with Crippen molar-refractivity contribution in [3.8, 4) is 0 Å². The number of carbonyl (C=O) groups is 1. The van der Waals surface area contributed by atoms with E-state index in [1.807, 2.05) is 61.5 Å². The third-order valence-electron chi connectivity index (χ3n) is 3.86. The summed E-state index contributed by atoms with van der Waals surface area (Å²) in [4.78, 5) is 20.6. The van der Waals surface area contributed by atoms with Crippen molar-refractivity contribution in [2.24, 2.45) is 0 Å². The molecule has 5 nitrogen and oxygen atoms in total. The Hall–Kier alpha value is -2.95. The first kappa shape index (κ1) is 15.9. The molecule has 24 heavy (non-hydrogen) atoms. The number of anilines is 1. The van der Waals surface area contributed by atoms with Crippen molar-refractivity contribution in [2.45, 2.75) is 19.4 Å². The predicted octanol–water partition coefficient (Wildman–Crippen LogP) is 3.31. The van der Waals surface area contributed by atoms with Gasteiger partial charge in [-0.1, -0.05) is 42.5 Å². The van der Waals surface area contributed by atoms with Crippen molar-refractivity contribution < 1.29 is 4.79 Å². The number of rotatable bonds is 6. The van der Waals surface area contributed by atoms with Crippen LogP contribution in [0.3, 0.4) is 0 Å². The molecule has 1 aromatic heterocycles. The molecule has 0 aliphatic rings. The minimum Gasteiger partial charge on any atom is -0.369 e. The Kier molecular flexibility index (Phi) is 5.01. The number of nitrogens with one attached hydrogen (secondary N) is 2. The van der Waals surface area contributed by atoms with Crippen LogP contribution in [0.4, 0.5) is 5.82 Å². The molecule has 1 heterocycles. The molecule has 0 spiro atoms. The monoisotopic (exact) mass is 320 g/mol. The normalized spacial score (nSPS) is 11.9. The highest BCUT2D eigenvalue weighted by Gasteiger charge is 2.09. The first-order valence-electron chi connectivity index (χ1n) is 8.02. The fourth-order valence-corrected chi connectivity index (χ4v) is 2.58. The average molecular weight is 320 g/mol. The summed E-state index contributed by atoms with van der Waals surface area (Å²) in [7, 11) is 0. The molecule has 0 saturated heterocycles. The summed E-state index contributed by atoms with van der Waals surface area (Å²) in [5.41, 5.74) is 1.98. The fourth-order valence-electron chi connectivity index (χ4n) is 2.58. The van der Waals surface area contributed by atoms with Crippen LogP contribution in [0.15, 0.2) is 60.9 Å². The Morgan fingerprint density at radius 3 is 2.62 bits per heavy atom. The Morgan fingerprint density at radius 2 is 1.79 bits per heavy atom. The summed E-state index contributed by atoms with van der Waals surface area (Å²) < 4.78 is 0. The molecule has 0 aliphatic heterocycles. The van der Waals surface area contributed by atoms with E-state index in [0.717, 1.165) is 22.3 Å². The van der Waals surface area contributed by atoms with Gasteiger partial charge in [-0.15, -0.1) is 0 Å². The lowest BCUT2D eigenvalue weighted by atomic mass is 10.1. The topological polar surface area (TPSA) is 66.9 Å². The molecule has 122 valence electrons. The molecule has 1 atom stereocenters. The molecular weight excluding hydrogens is 300 g/mol. The van der Waals surface area contributed by atoms with Gasteiger partial charge in [0.15, 0.2) is 0 Å². The van der Waals surface area contributed by atoms with Crippen molar-refractivity contribution in [1.29, 1.82) is 0 Å². The lowest BCUT2D eigenvalue weighted by molar-refractivity contribution is -0.121. The Morgan fingerprint density at radius 1 is 1.04 bits per heavy atom. The summed E-state index contributed by atoms with van der Waals surface area (Å²) in [6.07, 6.45) is 1.91. The van der Waals surface area contributed by atoms with Crippen LogP contribution in [0.5, 0.6) is 0 Å². The second kappa shape index (κ2) is 7.55. The molecule has 3 rings (SSSR count). The Bertz CT molecular complexity index is 814. The molecule has 0 radical (unpaired) electrons. The van der Waals surface area contributed by atoms with Crippen molar-refractivity contribution in [3.05, 3.63) is 66.5 Å². The number of para-hydroxylation sites is 1. The highest BCUT2D eigenvalue weighted by Crippen LogP contribution is 2.18. The quantitative estimate of drug-likeness (QED) is 0.731.